The van der Waals surface area contributed by atoms with Crippen molar-refractivity contribution in [1.82, 2.24) is 4.98 Å². The van der Waals surface area contributed by atoms with E-state index in [9.17, 15) is 0 Å². The fourth-order valence-corrected chi connectivity index (χ4v) is 1.88. The van der Waals surface area contributed by atoms with E-state index >= 15 is 0 Å². The average Bonchev–Trinajstić information content (AvgIpc) is 2.89. The van der Waals surface area contributed by atoms with Crippen molar-refractivity contribution in [2.45, 2.75) is 6.42 Å². The minimum Gasteiger partial charge on any atom is -0.361 e. The Labute approximate surface area is 142 Å². The van der Waals surface area contributed by atoms with Crippen LogP contribution in [0, 0.1) is 0 Å². The number of hydrogen-bond donors (Lipinski definition) is 1. The van der Waals surface area contributed by atoms with E-state index in [0.717, 1.165) is 22.9 Å². The van der Waals surface area contributed by atoms with Gasteiger partial charge in [-0.3, -0.25) is 0 Å². The lowest BCUT2D eigenvalue weighted by molar-refractivity contribution is 0.963. The summed E-state index contributed by atoms with van der Waals surface area (Å²) in [5.74, 6) is 0. The monoisotopic (exact) mass is 297 g/mol. The molecule has 22 heavy (non-hydrogen) atoms. The van der Waals surface area contributed by atoms with Crippen LogP contribution in [0.3, 0.4) is 0 Å². The highest BCUT2D eigenvalue weighted by molar-refractivity contribution is 7.81. The van der Waals surface area contributed by atoms with E-state index in [1.165, 1.54) is 7.06 Å². The van der Waals surface area contributed by atoms with Crippen LogP contribution < -0.4 is 0 Å². The van der Waals surface area contributed by atoms with Crippen LogP contribution in [-0.4, -0.2) is 62.3 Å². The van der Waals surface area contributed by atoms with Gasteiger partial charge in [-0.15, -0.1) is 0 Å². The van der Waals surface area contributed by atoms with Crippen molar-refractivity contribution >= 4 is 73.3 Å². The molecule has 0 saturated heterocycles. The number of benzene rings is 1. The van der Waals surface area contributed by atoms with Gasteiger partial charge in [0.15, 0.2) is 0 Å². The SMILES string of the molecule is [B][B]B([B])B([B])[B].[N-]=[N+]=NCCc1c[nH]c2cc(Cl)ccc12. The van der Waals surface area contributed by atoms with Crippen LogP contribution in [0.1, 0.15) is 5.56 Å². The van der Waals surface area contributed by atoms with E-state index in [1.807, 2.05) is 24.4 Å². The first kappa shape index (κ1) is 18.9. The van der Waals surface area contributed by atoms with E-state index in [0.29, 0.717) is 11.6 Å². The number of azide groups is 1. The molecular formula is C10H9B7ClN4. The molecule has 12 heteroatoms. The molecule has 4 nitrogen and oxygen atoms in total. The highest BCUT2D eigenvalue weighted by Gasteiger charge is 2.06. The van der Waals surface area contributed by atoms with Crippen molar-refractivity contribution in [1.29, 1.82) is 0 Å². The average molecular weight is 296 g/mol. The lowest BCUT2D eigenvalue weighted by Gasteiger charge is -2.05. The zero-order valence-electron chi connectivity index (χ0n) is 12.0. The van der Waals surface area contributed by atoms with Crippen LogP contribution in [-0.2, 0) is 6.42 Å². The Morgan fingerprint density at radius 2 is 2.09 bits per heavy atom. The molecule has 0 bridgehead atoms. The Bertz CT molecular complexity index is 643. The molecule has 9 radical (unpaired) electrons. The molecule has 0 aliphatic carbocycles. The number of nitrogens with zero attached hydrogens (tertiary/aromatic N) is 3. The predicted molar refractivity (Wildman–Crippen MR) is 101 cm³/mol. The maximum Gasteiger partial charge on any atom is 0.0471 e. The number of halogens is 1. The summed E-state index contributed by atoms with van der Waals surface area (Å²) < 4.78 is 0. The molecule has 0 aliphatic rings. The number of rotatable bonds is 5. The molecule has 2 aromatic rings. The van der Waals surface area contributed by atoms with Gasteiger partial charge in [-0.1, -0.05) is 22.8 Å². The molecular weight excluding hydrogens is 287 g/mol. The van der Waals surface area contributed by atoms with Crippen molar-refractivity contribution in [3.05, 3.63) is 45.4 Å². The fraction of sp³-hybridized carbons (Fsp3) is 0.200. The van der Waals surface area contributed by atoms with Crippen molar-refractivity contribution < 1.29 is 0 Å². The molecule has 0 aliphatic heterocycles. The number of aromatic nitrogens is 1. The Balaban J connectivity index is 0.000000295. The summed E-state index contributed by atoms with van der Waals surface area (Å²) in [5.41, 5.74) is 10.3. The molecule has 1 aromatic carbocycles. The summed E-state index contributed by atoms with van der Waals surface area (Å²) in [5, 5.41) is 5.36. The van der Waals surface area contributed by atoms with E-state index in [1.54, 1.807) is 0 Å². The molecule has 1 N–H and O–H groups in total. The number of aromatic amines is 1. The maximum absolute atomic E-state index is 8.18. The van der Waals surface area contributed by atoms with Crippen molar-refractivity contribution in [2.75, 3.05) is 6.54 Å². The highest BCUT2D eigenvalue weighted by atomic mass is 35.5. The van der Waals surface area contributed by atoms with Gasteiger partial charge in [0.05, 0.1) is 0 Å². The van der Waals surface area contributed by atoms with Gasteiger partial charge in [0.1, 0.15) is 0 Å². The van der Waals surface area contributed by atoms with Crippen molar-refractivity contribution in [2.24, 2.45) is 5.11 Å². The minimum atomic E-state index is -0.537. The van der Waals surface area contributed by atoms with Crippen molar-refractivity contribution in [3.63, 3.8) is 0 Å². The molecule has 0 spiro atoms. The number of hydrogen-bond acceptors (Lipinski definition) is 1. The topological polar surface area (TPSA) is 64.6 Å². The summed E-state index contributed by atoms with van der Waals surface area (Å²) in [6.45, 7) is 0.478. The normalized spacial score (nSPS) is 9.32. The first-order valence-corrected chi connectivity index (χ1v) is 6.95. The van der Waals surface area contributed by atoms with Crippen molar-refractivity contribution in [3.8, 4) is 0 Å². The van der Waals surface area contributed by atoms with Crippen LogP contribution in [0.15, 0.2) is 29.5 Å². The third-order valence-electron chi connectivity index (χ3n) is 2.94. The van der Waals surface area contributed by atoms with Gasteiger partial charge in [0, 0.05) is 84.4 Å². The summed E-state index contributed by atoms with van der Waals surface area (Å²) in [7, 11) is 21.6. The molecule has 1 aromatic heterocycles. The molecule has 2 rings (SSSR count). The van der Waals surface area contributed by atoms with Gasteiger partial charge < -0.3 is 4.98 Å². The highest BCUT2D eigenvalue weighted by Crippen LogP contribution is 2.22. The summed E-state index contributed by atoms with van der Waals surface area (Å²) in [6, 6.07) is 5.71. The number of H-pyrrole nitrogens is 1. The lowest BCUT2D eigenvalue weighted by Crippen LogP contribution is -2.43. The second-order valence-electron chi connectivity index (χ2n) is 4.56. The molecule has 0 saturated carbocycles. The first-order valence-electron chi connectivity index (χ1n) is 6.57. The first-order chi connectivity index (χ1) is 10.5. The smallest absolute Gasteiger partial charge is 0.0471 e. The lowest BCUT2D eigenvalue weighted by atomic mass is 8.76. The number of nitrogens with one attached hydrogen (secondary N) is 1. The van der Waals surface area contributed by atoms with E-state index in [-0.39, 0.29) is 6.39 Å². The van der Waals surface area contributed by atoms with Crippen LogP contribution in [0.2, 0.25) is 5.02 Å². The molecule has 1 heterocycles. The zero-order valence-corrected chi connectivity index (χ0v) is 12.7. The predicted octanol–water partition coefficient (Wildman–Crippen LogP) is 1.01. The summed E-state index contributed by atoms with van der Waals surface area (Å²) >= 11 is 5.87. The van der Waals surface area contributed by atoms with E-state index < -0.39 is 6.39 Å². The van der Waals surface area contributed by atoms with Crippen LogP contribution in [0.4, 0.5) is 0 Å². The Hall–Kier alpha value is -1.19. The fourth-order valence-electron chi connectivity index (χ4n) is 1.71. The molecule has 0 amide bonds. The number of fused-ring (bicyclic) bond motifs is 1. The maximum atomic E-state index is 8.18. The van der Waals surface area contributed by atoms with Gasteiger partial charge in [0.2, 0.25) is 0 Å². The van der Waals surface area contributed by atoms with Gasteiger partial charge in [-0.25, -0.2) is 0 Å². The van der Waals surface area contributed by atoms with Gasteiger partial charge in [-0.05, 0) is 29.6 Å². The third kappa shape index (κ3) is 5.90. The summed E-state index contributed by atoms with van der Waals surface area (Å²) in [4.78, 5) is 5.86. The third-order valence-corrected chi connectivity index (χ3v) is 3.18. The second-order valence-corrected chi connectivity index (χ2v) is 4.99. The Morgan fingerprint density at radius 3 is 2.64 bits per heavy atom. The standard InChI is InChI=1S/C10H9ClN4.B7/c11-8-1-2-9-7(3-4-14-15-12)6-13-10(9)5-8;1-5-7(4)6(2)3/h1-2,5-6,13H,3-4H2;. The molecule has 0 fully saturated rings. The van der Waals surface area contributed by atoms with Gasteiger partial charge >= 0.3 is 0 Å². The molecule has 97 valence electrons. The quantitative estimate of drug-likeness (QED) is 0.370. The summed E-state index contributed by atoms with van der Waals surface area (Å²) in [6.07, 6.45) is 1.74. The van der Waals surface area contributed by atoms with E-state index in [4.69, 9.17) is 48.1 Å². The minimum absolute atomic E-state index is 0.389. The van der Waals surface area contributed by atoms with Gasteiger partial charge in [-0.2, -0.15) is 0 Å². The van der Waals surface area contributed by atoms with Gasteiger partial charge in [0.25, 0.3) is 0 Å². The molecule has 0 unspecified atom stereocenters. The Morgan fingerprint density at radius 1 is 1.36 bits per heavy atom. The zero-order chi connectivity index (χ0) is 16.5. The largest absolute Gasteiger partial charge is 0.361 e. The molecule has 0 atom stereocenters. The Kier molecular flexibility index (Phi) is 8.36. The second kappa shape index (κ2) is 9.76. The van der Waals surface area contributed by atoms with E-state index in [2.05, 4.69) is 15.0 Å². The van der Waals surface area contributed by atoms with Crippen LogP contribution in [0.5, 0.6) is 0 Å². The van der Waals surface area contributed by atoms with Crippen LogP contribution in [0.25, 0.3) is 21.3 Å². The van der Waals surface area contributed by atoms with Crippen LogP contribution >= 0.6 is 11.6 Å².